The summed E-state index contributed by atoms with van der Waals surface area (Å²) < 4.78 is 0. The van der Waals surface area contributed by atoms with Gasteiger partial charge < -0.3 is 0 Å². The Morgan fingerprint density at radius 1 is 0.867 bits per heavy atom. The van der Waals surface area contributed by atoms with Gasteiger partial charge in [-0.3, -0.25) is 24.6 Å². The minimum absolute atomic E-state index is 0.126. The number of carbonyl (C=O) groups is 2. The van der Waals surface area contributed by atoms with E-state index in [9.17, 15) is 19.7 Å². The van der Waals surface area contributed by atoms with Crippen molar-refractivity contribution >= 4 is 11.8 Å². The van der Waals surface area contributed by atoms with Crippen LogP contribution in [0.5, 0.6) is 0 Å². The first kappa shape index (κ1) is 17.8. The van der Waals surface area contributed by atoms with Crippen LogP contribution in [0, 0.1) is 22.0 Å². The summed E-state index contributed by atoms with van der Waals surface area (Å²) in [7, 11) is 0. The standard InChI is InChI=1S/C24H22N2O4/c27-22-20-19-15-10-4-6-12-17(15)24(26(29)30,18-13-7-5-11-16(18)19)21(20)23(28)25(22)14-8-2-1-3-9-14/h4-7,10-14,19-21H,1-3,8-9H2. The Kier molecular flexibility index (Phi) is 3.56. The number of hydrogen-bond acceptors (Lipinski definition) is 4. The summed E-state index contributed by atoms with van der Waals surface area (Å²) >= 11 is 0. The molecule has 1 aliphatic heterocycles. The number of benzene rings is 2. The molecule has 0 aromatic heterocycles. The summed E-state index contributed by atoms with van der Waals surface area (Å²) in [6, 6.07) is 14.5. The minimum Gasteiger partial charge on any atom is -0.279 e. The number of likely N-dealkylation sites (tertiary alicyclic amines) is 1. The second kappa shape index (κ2) is 6.00. The Bertz CT molecular complexity index is 1060. The molecule has 2 aromatic rings. The molecular weight excluding hydrogens is 380 g/mol. The van der Waals surface area contributed by atoms with Crippen LogP contribution in [0.1, 0.15) is 60.3 Å². The van der Waals surface area contributed by atoms with E-state index in [4.69, 9.17) is 0 Å². The molecule has 5 aliphatic rings. The molecule has 1 saturated carbocycles. The van der Waals surface area contributed by atoms with Gasteiger partial charge in [-0.1, -0.05) is 67.8 Å². The maximum atomic E-state index is 13.8. The van der Waals surface area contributed by atoms with Crippen LogP contribution in [0.25, 0.3) is 0 Å². The van der Waals surface area contributed by atoms with Gasteiger partial charge in [0.05, 0.1) is 5.92 Å². The number of rotatable bonds is 2. The van der Waals surface area contributed by atoms with E-state index in [0.717, 1.165) is 43.2 Å². The normalized spacial score (nSPS) is 32.0. The van der Waals surface area contributed by atoms with Gasteiger partial charge >= 0.3 is 0 Å². The van der Waals surface area contributed by atoms with Crippen LogP contribution >= 0.6 is 0 Å². The van der Waals surface area contributed by atoms with Gasteiger partial charge in [0.2, 0.25) is 11.8 Å². The van der Waals surface area contributed by atoms with Gasteiger partial charge in [0.1, 0.15) is 5.92 Å². The van der Waals surface area contributed by atoms with Crippen LogP contribution in [0.3, 0.4) is 0 Å². The molecule has 2 fully saturated rings. The van der Waals surface area contributed by atoms with Crippen molar-refractivity contribution in [2.75, 3.05) is 0 Å². The number of amides is 2. The molecular formula is C24H22N2O4. The molecule has 1 saturated heterocycles. The zero-order chi connectivity index (χ0) is 20.6. The van der Waals surface area contributed by atoms with Crippen molar-refractivity contribution in [1.29, 1.82) is 0 Å². The topological polar surface area (TPSA) is 80.5 Å². The third-order valence-electron chi connectivity index (χ3n) is 7.84. The molecule has 0 radical (unpaired) electrons. The first-order valence-electron chi connectivity index (χ1n) is 10.8. The molecule has 2 unspecified atom stereocenters. The maximum absolute atomic E-state index is 13.8. The number of nitrogens with zero attached hydrogens (tertiary/aromatic N) is 2. The lowest BCUT2D eigenvalue weighted by Gasteiger charge is -2.48. The quantitative estimate of drug-likeness (QED) is 0.437. The van der Waals surface area contributed by atoms with Crippen molar-refractivity contribution in [3.05, 3.63) is 80.9 Å². The summed E-state index contributed by atoms with van der Waals surface area (Å²) in [6.45, 7) is 0. The zero-order valence-corrected chi connectivity index (χ0v) is 16.5. The third kappa shape index (κ3) is 1.90. The monoisotopic (exact) mass is 402 g/mol. The van der Waals surface area contributed by atoms with E-state index in [2.05, 4.69) is 0 Å². The highest BCUT2D eigenvalue weighted by molar-refractivity contribution is 6.08. The van der Waals surface area contributed by atoms with Crippen LogP contribution in [-0.4, -0.2) is 27.7 Å². The molecule has 0 spiro atoms. The fraction of sp³-hybridized carbons (Fsp3) is 0.417. The van der Waals surface area contributed by atoms with E-state index < -0.39 is 17.4 Å². The molecule has 4 aliphatic carbocycles. The van der Waals surface area contributed by atoms with Crippen molar-refractivity contribution < 1.29 is 14.5 Å². The SMILES string of the molecule is O=C1C2C3c4ccccc4C([N+](=O)[O-])(c4ccccc43)C2C(=O)N1C1CCCCC1. The molecule has 152 valence electrons. The van der Waals surface area contributed by atoms with Gasteiger partial charge in [-0.15, -0.1) is 0 Å². The lowest BCUT2D eigenvalue weighted by atomic mass is 9.51. The minimum atomic E-state index is -1.71. The lowest BCUT2D eigenvalue weighted by molar-refractivity contribution is -0.578. The van der Waals surface area contributed by atoms with Crippen LogP contribution < -0.4 is 0 Å². The molecule has 0 N–H and O–H groups in total. The van der Waals surface area contributed by atoms with Crippen molar-refractivity contribution in [2.24, 2.45) is 11.8 Å². The second-order valence-corrected chi connectivity index (χ2v) is 9.02. The van der Waals surface area contributed by atoms with Gasteiger partial charge in [-0.2, -0.15) is 0 Å². The van der Waals surface area contributed by atoms with Crippen LogP contribution in [0.4, 0.5) is 0 Å². The van der Waals surface area contributed by atoms with Crippen LogP contribution in [-0.2, 0) is 15.1 Å². The number of nitro groups is 1. The van der Waals surface area contributed by atoms with Gasteiger partial charge in [0, 0.05) is 28.0 Å². The predicted molar refractivity (Wildman–Crippen MR) is 108 cm³/mol. The van der Waals surface area contributed by atoms with Crippen molar-refractivity contribution in [3.63, 3.8) is 0 Å². The average molecular weight is 402 g/mol. The van der Waals surface area contributed by atoms with E-state index in [-0.39, 0.29) is 28.7 Å². The molecule has 2 atom stereocenters. The third-order valence-corrected chi connectivity index (χ3v) is 7.84. The molecule has 7 rings (SSSR count). The van der Waals surface area contributed by atoms with Crippen molar-refractivity contribution in [1.82, 2.24) is 4.90 Å². The lowest BCUT2D eigenvalue weighted by Crippen LogP contribution is -2.57. The molecule has 2 aromatic carbocycles. The van der Waals surface area contributed by atoms with E-state index >= 15 is 0 Å². The summed E-state index contributed by atoms with van der Waals surface area (Å²) in [6.07, 6.45) is 4.68. The van der Waals surface area contributed by atoms with Crippen molar-refractivity contribution in [3.8, 4) is 0 Å². The molecule has 6 nitrogen and oxygen atoms in total. The van der Waals surface area contributed by atoms with Gasteiger partial charge in [0.25, 0.3) is 5.54 Å². The van der Waals surface area contributed by atoms with Crippen LogP contribution in [0.2, 0.25) is 0 Å². The highest BCUT2D eigenvalue weighted by Crippen LogP contribution is 2.64. The molecule has 2 amide bonds. The second-order valence-electron chi connectivity index (χ2n) is 9.02. The first-order chi connectivity index (χ1) is 14.6. The molecule has 30 heavy (non-hydrogen) atoms. The Morgan fingerprint density at radius 3 is 2.00 bits per heavy atom. The average Bonchev–Trinajstić information content (AvgIpc) is 3.05. The smallest absolute Gasteiger partial charge is 0.279 e. The number of hydrogen-bond donors (Lipinski definition) is 0. The highest BCUT2D eigenvalue weighted by atomic mass is 16.6. The Morgan fingerprint density at radius 2 is 1.43 bits per heavy atom. The molecule has 2 bridgehead atoms. The number of imide groups is 1. The Hall–Kier alpha value is -3.02. The summed E-state index contributed by atoms with van der Waals surface area (Å²) in [4.78, 5) is 41.5. The molecule has 1 heterocycles. The van der Waals surface area contributed by atoms with Crippen LogP contribution in [0.15, 0.2) is 48.5 Å². The largest absolute Gasteiger partial charge is 0.284 e. The number of carbonyl (C=O) groups excluding carboxylic acids is 2. The fourth-order valence-corrected chi connectivity index (χ4v) is 6.76. The summed E-state index contributed by atoms with van der Waals surface area (Å²) in [5.74, 6) is -2.54. The zero-order valence-electron chi connectivity index (χ0n) is 16.5. The Labute approximate surface area is 174 Å². The summed E-state index contributed by atoms with van der Waals surface area (Å²) in [5.41, 5.74) is 1.09. The van der Waals surface area contributed by atoms with E-state index in [1.165, 1.54) is 4.90 Å². The Balaban J connectivity index is 1.63. The van der Waals surface area contributed by atoms with E-state index in [1.807, 2.05) is 24.3 Å². The van der Waals surface area contributed by atoms with Gasteiger partial charge in [0.15, 0.2) is 0 Å². The highest BCUT2D eigenvalue weighted by Gasteiger charge is 2.75. The predicted octanol–water partition coefficient (Wildman–Crippen LogP) is 3.60. The summed E-state index contributed by atoms with van der Waals surface area (Å²) in [5, 5.41) is 12.9. The van der Waals surface area contributed by atoms with E-state index in [1.54, 1.807) is 24.3 Å². The first-order valence-corrected chi connectivity index (χ1v) is 10.8. The fourth-order valence-electron chi connectivity index (χ4n) is 6.76. The maximum Gasteiger partial charge on any atom is 0.284 e. The molecule has 6 heteroatoms. The van der Waals surface area contributed by atoms with Gasteiger partial charge in [-0.05, 0) is 24.0 Å². The van der Waals surface area contributed by atoms with E-state index in [0.29, 0.717) is 11.1 Å². The van der Waals surface area contributed by atoms with Crippen molar-refractivity contribution in [2.45, 2.75) is 49.6 Å². The van der Waals surface area contributed by atoms with Gasteiger partial charge in [-0.25, -0.2) is 0 Å².